The average Bonchev–Trinajstić information content (AvgIpc) is 2.47. The molecule has 1 aromatic carbocycles. The van der Waals surface area contributed by atoms with Crippen LogP contribution in [0.15, 0.2) is 18.2 Å². The number of quaternary nitrogens is 1. The lowest BCUT2D eigenvalue weighted by atomic mass is 9.95. The first kappa shape index (κ1) is 19.3. The van der Waals surface area contributed by atoms with Gasteiger partial charge in [0.1, 0.15) is 23.9 Å². The van der Waals surface area contributed by atoms with Crippen molar-refractivity contribution in [2.24, 2.45) is 0 Å². The molecule has 0 saturated carbocycles. The normalized spacial score (nSPS) is 24.9. The highest BCUT2D eigenvalue weighted by atomic mass is 19.1. The van der Waals surface area contributed by atoms with E-state index in [0.29, 0.717) is 31.7 Å². The van der Waals surface area contributed by atoms with Crippen LogP contribution >= 0.6 is 0 Å². The molecule has 1 saturated heterocycles. The standard InChI is InChI=1S/C17H24FN3O4/c1-12-10-19(7-8-21(12,16(22)23)17(2,3)4)11-13-5-6-14(20(24)25)9-15(13)18/h5-6,9,12H,7-8,10-11H2,1-4H3/p+1/t12-,21?/m0/s1. The fourth-order valence-corrected chi connectivity index (χ4v) is 3.85. The molecule has 0 aliphatic carbocycles. The van der Waals surface area contributed by atoms with Gasteiger partial charge < -0.3 is 5.11 Å². The summed E-state index contributed by atoms with van der Waals surface area (Å²) in [5.74, 6) is -0.609. The van der Waals surface area contributed by atoms with Crippen LogP contribution in [0.1, 0.15) is 33.3 Å². The molecule has 0 spiro atoms. The minimum absolute atomic E-state index is 0.0355. The van der Waals surface area contributed by atoms with Crippen molar-refractivity contribution in [3.05, 3.63) is 39.7 Å². The van der Waals surface area contributed by atoms with Crippen molar-refractivity contribution in [2.75, 3.05) is 19.6 Å². The number of nitro benzene ring substituents is 1. The van der Waals surface area contributed by atoms with Crippen molar-refractivity contribution in [2.45, 2.75) is 45.8 Å². The van der Waals surface area contributed by atoms with Gasteiger partial charge in [-0.2, -0.15) is 4.79 Å². The Kier molecular flexibility index (Phi) is 5.15. The first-order chi connectivity index (χ1) is 11.5. The van der Waals surface area contributed by atoms with Gasteiger partial charge in [-0.05, 0) is 33.8 Å². The highest BCUT2D eigenvalue weighted by Crippen LogP contribution is 2.33. The zero-order chi connectivity index (χ0) is 19.0. The summed E-state index contributed by atoms with van der Waals surface area (Å²) in [6.07, 6.45) is -0.846. The Labute approximate surface area is 146 Å². The molecule has 0 aromatic heterocycles. The Morgan fingerprint density at radius 2 is 2.12 bits per heavy atom. The van der Waals surface area contributed by atoms with Gasteiger partial charge in [-0.3, -0.25) is 15.0 Å². The molecule has 1 heterocycles. The number of halogens is 1. The number of nitro groups is 1. The second kappa shape index (κ2) is 6.68. The Balaban J connectivity index is 2.16. The Morgan fingerprint density at radius 1 is 1.48 bits per heavy atom. The number of carboxylic acid groups (broad SMARTS) is 1. The summed E-state index contributed by atoms with van der Waals surface area (Å²) >= 11 is 0. The second-order valence-corrected chi connectivity index (χ2v) is 7.66. The largest absolute Gasteiger partial charge is 0.514 e. The van der Waals surface area contributed by atoms with Gasteiger partial charge >= 0.3 is 6.09 Å². The van der Waals surface area contributed by atoms with Crippen molar-refractivity contribution in [1.29, 1.82) is 0 Å². The number of hydrogen-bond donors (Lipinski definition) is 1. The van der Waals surface area contributed by atoms with E-state index in [1.165, 1.54) is 12.1 Å². The maximum absolute atomic E-state index is 14.1. The summed E-state index contributed by atoms with van der Waals surface area (Å²) in [6.45, 7) is 9.42. The van der Waals surface area contributed by atoms with E-state index in [9.17, 15) is 24.4 Å². The van der Waals surface area contributed by atoms with E-state index in [1.807, 2.05) is 32.6 Å². The van der Waals surface area contributed by atoms with Crippen molar-refractivity contribution in [1.82, 2.24) is 4.90 Å². The molecule has 7 nitrogen and oxygen atoms in total. The van der Waals surface area contributed by atoms with E-state index in [4.69, 9.17) is 0 Å². The third kappa shape index (κ3) is 3.50. The summed E-state index contributed by atoms with van der Waals surface area (Å²) in [6, 6.07) is 3.48. The molecule has 1 aliphatic heterocycles. The molecule has 25 heavy (non-hydrogen) atoms. The molecular formula is C17H25FN3O4+. The molecule has 1 aliphatic rings. The van der Waals surface area contributed by atoms with Gasteiger partial charge in [-0.25, -0.2) is 8.87 Å². The number of rotatable bonds is 3. The molecule has 138 valence electrons. The van der Waals surface area contributed by atoms with E-state index in [2.05, 4.69) is 0 Å². The lowest BCUT2D eigenvalue weighted by Gasteiger charge is -2.52. The van der Waals surface area contributed by atoms with Gasteiger partial charge in [0, 0.05) is 24.7 Å². The highest BCUT2D eigenvalue weighted by Gasteiger charge is 2.54. The summed E-state index contributed by atoms with van der Waals surface area (Å²) in [5.41, 5.74) is -0.345. The van der Waals surface area contributed by atoms with Crippen LogP contribution in [0, 0.1) is 15.9 Å². The third-order valence-corrected chi connectivity index (χ3v) is 5.22. The SMILES string of the molecule is C[C@H]1CN(Cc2ccc([N+](=O)[O-])cc2F)CC[N+]1(C(=O)O)C(C)(C)C. The van der Waals surface area contributed by atoms with Crippen molar-refractivity contribution >= 4 is 11.8 Å². The molecule has 1 fully saturated rings. The maximum atomic E-state index is 14.1. The van der Waals surface area contributed by atoms with Gasteiger partial charge in [0.2, 0.25) is 0 Å². The summed E-state index contributed by atoms with van der Waals surface area (Å²) in [4.78, 5) is 24.1. The van der Waals surface area contributed by atoms with E-state index >= 15 is 0 Å². The minimum atomic E-state index is -0.846. The summed E-state index contributed by atoms with van der Waals surface area (Å²) < 4.78 is 14.1. The molecule has 8 heteroatoms. The van der Waals surface area contributed by atoms with Crippen LogP contribution in [0.2, 0.25) is 0 Å². The highest BCUT2D eigenvalue weighted by molar-refractivity contribution is 5.58. The second-order valence-electron chi connectivity index (χ2n) is 7.66. The van der Waals surface area contributed by atoms with Gasteiger partial charge in [0.25, 0.3) is 5.69 Å². The van der Waals surface area contributed by atoms with E-state index in [1.54, 1.807) is 0 Å². The van der Waals surface area contributed by atoms with Gasteiger partial charge in [0.05, 0.1) is 17.5 Å². The van der Waals surface area contributed by atoms with Crippen LogP contribution in [0.3, 0.4) is 0 Å². The fraction of sp³-hybridized carbons (Fsp3) is 0.588. The van der Waals surface area contributed by atoms with E-state index < -0.39 is 22.4 Å². The number of non-ortho nitro benzene ring substituents is 1. The zero-order valence-electron chi connectivity index (χ0n) is 15.0. The number of benzene rings is 1. The molecule has 2 rings (SSSR count). The summed E-state index contributed by atoms with van der Waals surface area (Å²) in [5, 5.41) is 20.5. The lowest BCUT2D eigenvalue weighted by Crippen LogP contribution is -2.73. The molecule has 1 aromatic rings. The maximum Gasteiger partial charge on any atom is 0.514 e. The molecule has 1 amide bonds. The van der Waals surface area contributed by atoms with Crippen LogP contribution in [0.5, 0.6) is 0 Å². The number of nitrogens with zero attached hydrogens (tertiary/aromatic N) is 3. The monoisotopic (exact) mass is 354 g/mol. The Morgan fingerprint density at radius 3 is 2.56 bits per heavy atom. The smallest absolute Gasteiger partial charge is 0.435 e. The fourth-order valence-electron chi connectivity index (χ4n) is 3.85. The molecule has 0 bridgehead atoms. The van der Waals surface area contributed by atoms with E-state index in [-0.39, 0.29) is 16.2 Å². The van der Waals surface area contributed by atoms with Gasteiger partial charge in [-0.15, -0.1) is 0 Å². The minimum Gasteiger partial charge on any atom is -0.435 e. The van der Waals surface area contributed by atoms with Crippen molar-refractivity contribution in [3.8, 4) is 0 Å². The molecule has 1 N–H and O–H groups in total. The molecule has 0 radical (unpaired) electrons. The van der Waals surface area contributed by atoms with Crippen LogP contribution in [-0.4, -0.2) is 56.7 Å². The van der Waals surface area contributed by atoms with Gasteiger partial charge in [-0.1, -0.05) is 0 Å². The summed E-state index contributed by atoms with van der Waals surface area (Å²) in [7, 11) is 0. The Bertz CT molecular complexity index is 689. The van der Waals surface area contributed by atoms with Crippen LogP contribution < -0.4 is 0 Å². The third-order valence-electron chi connectivity index (χ3n) is 5.22. The average molecular weight is 354 g/mol. The van der Waals surface area contributed by atoms with Crippen molar-refractivity contribution < 1.29 is 23.7 Å². The quantitative estimate of drug-likeness (QED) is 0.512. The van der Waals surface area contributed by atoms with E-state index in [0.717, 1.165) is 6.07 Å². The molecule has 1 unspecified atom stereocenters. The molecule has 2 atom stereocenters. The first-order valence-corrected chi connectivity index (χ1v) is 8.25. The topological polar surface area (TPSA) is 83.7 Å². The first-order valence-electron chi connectivity index (χ1n) is 8.25. The van der Waals surface area contributed by atoms with Crippen LogP contribution in [-0.2, 0) is 6.54 Å². The number of carbonyl (C=O) groups is 1. The van der Waals surface area contributed by atoms with Crippen LogP contribution in [0.4, 0.5) is 14.9 Å². The predicted molar refractivity (Wildman–Crippen MR) is 90.7 cm³/mol. The number of piperazine rings is 1. The molecular weight excluding hydrogens is 329 g/mol. The van der Waals surface area contributed by atoms with Crippen LogP contribution in [0.25, 0.3) is 0 Å². The van der Waals surface area contributed by atoms with Crippen molar-refractivity contribution in [3.63, 3.8) is 0 Å². The lowest BCUT2D eigenvalue weighted by molar-refractivity contribution is -0.929. The number of hydrogen-bond acceptors (Lipinski definition) is 4. The number of amides is 1. The van der Waals surface area contributed by atoms with Gasteiger partial charge in [0.15, 0.2) is 0 Å². The predicted octanol–water partition coefficient (Wildman–Crippen LogP) is 3.23. The Hall–Kier alpha value is -2.06. The zero-order valence-corrected chi connectivity index (χ0v) is 15.0.